The topological polar surface area (TPSA) is 230 Å². The van der Waals surface area contributed by atoms with Crippen LogP contribution >= 0.6 is 0 Å². The molecule has 5 atom stereocenters. The monoisotopic (exact) mass is 470 g/mol. The molecule has 0 aromatic carbocycles. The quantitative estimate of drug-likeness (QED) is 0.194. The minimum absolute atomic E-state index is 0.0417. The van der Waals surface area contributed by atoms with E-state index in [-0.39, 0.29) is 50.5 Å². The summed E-state index contributed by atoms with van der Waals surface area (Å²) in [5.74, 6) is -1.03. The number of H-pyrrole nitrogens is 1. The lowest BCUT2D eigenvalue weighted by Crippen LogP contribution is -2.38. The van der Waals surface area contributed by atoms with Gasteiger partial charge in [0.25, 0.3) is 11.8 Å². The fourth-order valence-electron chi connectivity index (χ4n) is 3.04. The number of aromatic nitrogens is 6. The second kappa shape index (κ2) is 11.7. The molecule has 2 aliphatic heterocycles. The van der Waals surface area contributed by atoms with Gasteiger partial charge in [-0.2, -0.15) is 5.10 Å². The van der Waals surface area contributed by atoms with Crippen molar-refractivity contribution in [1.29, 1.82) is 0 Å². The van der Waals surface area contributed by atoms with E-state index in [1.807, 2.05) is 0 Å². The van der Waals surface area contributed by atoms with Gasteiger partial charge in [0.1, 0.15) is 31.0 Å². The molecule has 0 spiro atoms. The van der Waals surface area contributed by atoms with Gasteiger partial charge >= 0.3 is 0 Å². The third-order valence-electron chi connectivity index (χ3n) is 4.86. The maximum atomic E-state index is 11.9. The number of rotatable bonds is 7. The Balaban J connectivity index is 0.000000286. The van der Waals surface area contributed by atoms with Crippen LogP contribution in [0.3, 0.4) is 0 Å². The molecule has 2 fully saturated rings. The van der Waals surface area contributed by atoms with Gasteiger partial charge in [0.15, 0.2) is 6.23 Å². The molecule has 4 rings (SSSR count). The van der Waals surface area contributed by atoms with Crippen molar-refractivity contribution in [3.63, 3.8) is 0 Å². The van der Waals surface area contributed by atoms with Crippen LogP contribution in [0.4, 0.5) is 0 Å². The summed E-state index contributed by atoms with van der Waals surface area (Å²) < 4.78 is 11.8. The molecule has 16 heteroatoms. The average molecular weight is 470 g/mol. The second-order valence-corrected chi connectivity index (χ2v) is 7.16. The molecule has 0 radical (unpaired) electrons. The normalized spacial score (nSPS) is 26.5. The number of hydrogen-bond acceptors (Lipinski definition) is 12. The van der Waals surface area contributed by atoms with Gasteiger partial charge in [-0.3, -0.25) is 14.7 Å². The van der Waals surface area contributed by atoms with E-state index in [0.717, 1.165) is 6.42 Å². The number of aliphatic hydroxyl groups is 4. The molecule has 16 nitrogen and oxygen atoms in total. The molecule has 2 saturated heterocycles. The van der Waals surface area contributed by atoms with Crippen molar-refractivity contribution >= 4 is 11.8 Å². The third kappa shape index (κ3) is 6.50. The molecule has 2 amide bonds. The summed E-state index contributed by atoms with van der Waals surface area (Å²) in [6.45, 7) is -0.284. The lowest BCUT2D eigenvalue weighted by Gasteiger charge is -2.11. The Bertz CT molecular complexity index is 893. The van der Waals surface area contributed by atoms with Crippen LogP contribution in [0.15, 0.2) is 12.7 Å². The molecule has 0 saturated carbocycles. The zero-order valence-electron chi connectivity index (χ0n) is 17.4. The summed E-state index contributed by atoms with van der Waals surface area (Å²) in [6.07, 6.45) is 1.09. The number of nitrogens with zero attached hydrogens (tertiary/aromatic N) is 5. The smallest absolute Gasteiger partial charge is 0.292 e. The Morgan fingerprint density at radius 3 is 2.52 bits per heavy atom. The maximum Gasteiger partial charge on any atom is 0.292 e. The van der Waals surface area contributed by atoms with Crippen LogP contribution < -0.4 is 10.6 Å². The zero-order valence-corrected chi connectivity index (χ0v) is 17.4. The molecule has 182 valence electrons. The third-order valence-corrected chi connectivity index (χ3v) is 4.86. The minimum Gasteiger partial charge on any atom is -0.394 e. The Hall–Kier alpha value is -3.02. The number of amides is 2. The molecule has 4 unspecified atom stereocenters. The van der Waals surface area contributed by atoms with Gasteiger partial charge < -0.3 is 40.5 Å². The van der Waals surface area contributed by atoms with E-state index in [0.29, 0.717) is 6.42 Å². The van der Waals surface area contributed by atoms with Crippen molar-refractivity contribution in [1.82, 2.24) is 40.6 Å². The van der Waals surface area contributed by atoms with Crippen LogP contribution in [0.5, 0.6) is 0 Å². The summed E-state index contributed by atoms with van der Waals surface area (Å²) in [5.41, 5.74) is 0. The molecule has 7 N–H and O–H groups in total. The molecule has 0 aliphatic carbocycles. The average Bonchev–Trinajstić information content (AvgIpc) is 3.61. The first kappa shape index (κ1) is 24.6. The Labute approximate surface area is 186 Å². The highest BCUT2D eigenvalue weighted by Gasteiger charge is 2.33. The van der Waals surface area contributed by atoms with Crippen molar-refractivity contribution in [2.75, 3.05) is 26.5 Å². The first-order chi connectivity index (χ1) is 15.9. The van der Waals surface area contributed by atoms with Crippen LogP contribution in [-0.2, 0) is 9.47 Å². The van der Waals surface area contributed by atoms with Crippen molar-refractivity contribution < 1.29 is 39.5 Å². The number of hydrogen-bond donors (Lipinski definition) is 7. The molecule has 33 heavy (non-hydrogen) atoms. The van der Waals surface area contributed by atoms with Gasteiger partial charge in [-0.1, -0.05) is 0 Å². The first-order valence-corrected chi connectivity index (χ1v) is 10.1. The number of carbonyl (C=O) groups is 2. The molecular formula is C17H26N8O8. The van der Waals surface area contributed by atoms with Crippen molar-refractivity contribution in [3.05, 3.63) is 24.3 Å². The van der Waals surface area contributed by atoms with E-state index in [9.17, 15) is 9.59 Å². The predicted octanol–water partition coefficient (Wildman–Crippen LogP) is -3.72. The second-order valence-electron chi connectivity index (χ2n) is 7.16. The van der Waals surface area contributed by atoms with Crippen molar-refractivity contribution in [3.8, 4) is 0 Å². The molecule has 0 bridgehead atoms. The first-order valence-electron chi connectivity index (χ1n) is 10.1. The SMILES string of the molecule is O=C(NCNC(=O)c1ncn[nH]1)c1ncn(C2CCC(CO)O2)n1.OC[C@H]1OCC(O)C1O. The fraction of sp³-hybridized carbons (Fsp3) is 0.647. The van der Waals surface area contributed by atoms with Crippen molar-refractivity contribution in [2.45, 2.75) is 43.5 Å². The number of aromatic amines is 1. The molecule has 2 aromatic rings. The van der Waals surface area contributed by atoms with E-state index >= 15 is 0 Å². The highest BCUT2D eigenvalue weighted by molar-refractivity contribution is 5.92. The van der Waals surface area contributed by atoms with Crippen LogP contribution in [0.1, 0.15) is 40.3 Å². The van der Waals surface area contributed by atoms with Gasteiger partial charge in [0, 0.05) is 0 Å². The summed E-state index contributed by atoms with van der Waals surface area (Å²) in [7, 11) is 0. The van der Waals surface area contributed by atoms with Gasteiger partial charge in [-0.15, -0.1) is 5.10 Å². The lowest BCUT2D eigenvalue weighted by atomic mass is 10.2. The molecule has 2 aliphatic rings. The summed E-state index contributed by atoms with van der Waals surface area (Å²) in [4.78, 5) is 31.1. The Morgan fingerprint density at radius 1 is 1.15 bits per heavy atom. The van der Waals surface area contributed by atoms with Crippen molar-refractivity contribution in [2.24, 2.45) is 0 Å². The van der Waals surface area contributed by atoms with E-state index < -0.39 is 30.1 Å². The molecular weight excluding hydrogens is 444 g/mol. The van der Waals surface area contributed by atoms with Gasteiger partial charge in [-0.05, 0) is 12.8 Å². The van der Waals surface area contributed by atoms with Crippen LogP contribution in [0, 0.1) is 0 Å². The van der Waals surface area contributed by atoms with E-state index in [4.69, 9.17) is 29.9 Å². The summed E-state index contributed by atoms with van der Waals surface area (Å²) >= 11 is 0. The van der Waals surface area contributed by atoms with Gasteiger partial charge in [0.2, 0.25) is 11.6 Å². The van der Waals surface area contributed by atoms with Gasteiger partial charge in [0.05, 0.1) is 32.6 Å². The Kier molecular flexibility index (Phi) is 8.75. The largest absolute Gasteiger partial charge is 0.394 e. The molecule has 4 heterocycles. The van der Waals surface area contributed by atoms with E-state index in [1.54, 1.807) is 0 Å². The number of aliphatic hydroxyl groups excluding tert-OH is 4. The molecule has 2 aromatic heterocycles. The van der Waals surface area contributed by atoms with E-state index in [2.05, 4.69) is 35.9 Å². The van der Waals surface area contributed by atoms with Gasteiger partial charge in [-0.25, -0.2) is 14.6 Å². The maximum absolute atomic E-state index is 11.9. The number of carbonyl (C=O) groups excluding carboxylic acids is 2. The predicted molar refractivity (Wildman–Crippen MR) is 105 cm³/mol. The highest BCUT2D eigenvalue weighted by Crippen LogP contribution is 2.26. The number of nitrogens with one attached hydrogen (secondary N) is 3. The summed E-state index contributed by atoms with van der Waals surface area (Å²) in [6, 6.07) is 0. The zero-order chi connectivity index (χ0) is 23.8. The minimum atomic E-state index is -0.921. The highest BCUT2D eigenvalue weighted by atomic mass is 16.5. The standard InChI is InChI=1S/C12H16N8O4.C5H10O4/c21-3-7-1-2-8(24-7)20-6-16-10(19-20)12(23)15-4-14-11(22)9-13-5-17-18-9;6-1-4-5(8)3(7)2-9-4/h5-8,21H,1-4H2,(H,14,22)(H,15,23)(H,13,17,18);3-8H,1-2H2/t;3?,4-,5?/m.1/s1. The number of ether oxygens (including phenoxy) is 2. The Morgan fingerprint density at radius 2 is 1.94 bits per heavy atom. The summed E-state index contributed by atoms with van der Waals surface area (Å²) in [5, 5.41) is 50.2. The van der Waals surface area contributed by atoms with Crippen LogP contribution in [0.2, 0.25) is 0 Å². The van der Waals surface area contributed by atoms with Crippen LogP contribution in [-0.4, -0.2) is 113 Å². The lowest BCUT2D eigenvalue weighted by molar-refractivity contribution is -0.0284. The van der Waals surface area contributed by atoms with E-state index in [1.165, 1.54) is 17.3 Å². The van der Waals surface area contributed by atoms with Crippen LogP contribution in [0.25, 0.3) is 0 Å². The fourth-order valence-corrected chi connectivity index (χ4v) is 3.04.